The normalized spacial score (nSPS) is 25.4. The molecular formula is C18H27BrN2. The number of hydrogen-bond acceptors (Lipinski definition) is 2. The van der Waals surface area contributed by atoms with E-state index in [1.807, 2.05) is 0 Å². The van der Waals surface area contributed by atoms with Crippen molar-refractivity contribution in [1.82, 2.24) is 5.32 Å². The molecule has 1 heterocycles. The molecule has 0 aromatic heterocycles. The quantitative estimate of drug-likeness (QED) is 0.845. The smallest absolute Gasteiger partial charge is 0.0380 e. The zero-order chi connectivity index (χ0) is 14.8. The Kier molecular flexibility index (Phi) is 4.90. The Hall–Kier alpha value is -0.540. The lowest BCUT2D eigenvalue weighted by Gasteiger charge is -2.39. The third-order valence-corrected chi connectivity index (χ3v) is 5.80. The van der Waals surface area contributed by atoms with E-state index in [0.29, 0.717) is 6.04 Å². The van der Waals surface area contributed by atoms with Gasteiger partial charge in [-0.3, -0.25) is 0 Å². The average molecular weight is 351 g/mol. The summed E-state index contributed by atoms with van der Waals surface area (Å²) in [7, 11) is 0. The van der Waals surface area contributed by atoms with Gasteiger partial charge in [0.15, 0.2) is 0 Å². The molecule has 0 radical (unpaired) electrons. The highest BCUT2D eigenvalue weighted by molar-refractivity contribution is 9.10. The molecule has 0 amide bonds. The molecule has 1 N–H and O–H groups in total. The van der Waals surface area contributed by atoms with Crippen molar-refractivity contribution in [2.45, 2.75) is 64.6 Å². The number of piperidine rings is 1. The van der Waals surface area contributed by atoms with Gasteiger partial charge in [0.05, 0.1) is 0 Å². The third kappa shape index (κ3) is 3.45. The van der Waals surface area contributed by atoms with Crippen LogP contribution in [0.5, 0.6) is 0 Å². The molecule has 2 aliphatic rings. The lowest BCUT2D eigenvalue weighted by Crippen LogP contribution is -2.42. The third-order valence-electron chi connectivity index (χ3n) is 5.06. The van der Waals surface area contributed by atoms with Gasteiger partial charge in [0, 0.05) is 35.3 Å². The van der Waals surface area contributed by atoms with E-state index in [1.54, 1.807) is 0 Å². The van der Waals surface area contributed by atoms with E-state index in [-0.39, 0.29) is 0 Å². The van der Waals surface area contributed by atoms with Gasteiger partial charge in [0.2, 0.25) is 0 Å². The number of halogens is 1. The maximum absolute atomic E-state index is 3.77. The monoisotopic (exact) mass is 350 g/mol. The maximum atomic E-state index is 3.77. The van der Waals surface area contributed by atoms with Crippen LogP contribution in [0.2, 0.25) is 0 Å². The summed E-state index contributed by atoms with van der Waals surface area (Å²) >= 11 is 3.77. The van der Waals surface area contributed by atoms with E-state index < -0.39 is 0 Å². The van der Waals surface area contributed by atoms with Gasteiger partial charge in [-0.25, -0.2) is 0 Å². The Morgan fingerprint density at radius 3 is 2.81 bits per heavy atom. The van der Waals surface area contributed by atoms with Crippen LogP contribution in [0.4, 0.5) is 5.69 Å². The summed E-state index contributed by atoms with van der Waals surface area (Å²) in [5, 5.41) is 3.50. The summed E-state index contributed by atoms with van der Waals surface area (Å²) in [6.45, 7) is 6.55. The molecule has 0 spiro atoms. The van der Waals surface area contributed by atoms with Crippen molar-refractivity contribution in [3.63, 3.8) is 0 Å². The number of hydrogen-bond donors (Lipinski definition) is 1. The van der Waals surface area contributed by atoms with Gasteiger partial charge in [0.1, 0.15) is 0 Å². The molecule has 2 unspecified atom stereocenters. The van der Waals surface area contributed by atoms with Crippen LogP contribution in [0.3, 0.4) is 0 Å². The van der Waals surface area contributed by atoms with Crippen molar-refractivity contribution in [3.05, 3.63) is 28.2 Å². The second-order valence-corrected chi connectivity index (χ2v) is 7.76. The van der Waals surface area contributed by atoms with E-state index in [9.17, 15) is 0 Å². The predicted molar refractivity (Wildman–Crippen MR) is 93.8 cm³/mol. The first-order valence-corrected chi connectivity index (χ1v) is 9.23. The highest BCUT2D eigenvalue weighted by atomic mass is 79.9. The lowest BCUT2D eigenvalue weighted by molar-refractivity contribution is 0.362. The van der Waals surface area contributed by atoms with Crippen LogP contribution in [-0.2, 0) is 6.54 Å². The molecule has 1 saturated heterocycles. The molecule has 2 atom stereocenters. The summed E-state index contributed by atoms with van der Waals surface area (Å²) in [5.41, 5.74) is 2.76. The molecule has 3 heteroatoms. The molecule has 0 bridgehead atoms. The first-order valence-electron chi connectivity index (χ1n) is 8.43. The van der Waals surface area contributed by atoms with Gasteiger partial charge in [-0.2, -0.15) is 0 Å². The molecule has 2 fully saturated rings. The zero-order valence-electron chi connectivity index (χ0n) is 13.2. The fraction of sp³-hybridized carbons (Fsp3) is 0.667. The highest BCUT2D eigenvalue weighted by Crippen LogP contribution is 2.39. The van der Waals surface area contributed by atoms with Crippen molar-refractivity contribution in [2.75, 3.05) is 11.4 Å². The molecular weight excluding hydrogens is 324 g/mol. The summed E-state index contributed by atoms with van der Waals surface area (Å²) in [5.74, 6) is 0.944. The van der Waals surface area contributed by atoms with Crippen LogP contribution in [0.1, 0.15) is 51.5 Å². The molecule has 1 aromatic carbocycles. The Morgan fingerprint density at radius 2 is 2.05 bits per heavy atom. The Labute approximate surface area is 137 Å². The molecule has 3 rings (SSSR count). The van der Waals surface area contributed by atoms with Crippen LogP contribution >= 0.6 is 15.9 Å². The van der Waals surface area contributed by atoms with Crippen LogP contribution in [0, 0.1) is 5.92 Å². The predicted octanol–water partition coefficient (Wildman–Crippen LogP) is 4.72. The van der Waals surface area contributed by atoms with Gasteiger partial charge in [-0.15, -0.1) is 0 Å². The van der Waals surface area contributed by atoms with Gasteiger partial charge in [0.25, 0.3) is 0 Å². The van der Waals surface area contributed by atoms with Crippen LogP contribution in [0.15, 0.2) is 22.7 Å². The molecule has 2 nitrogen and oxygen atoms in total. The second-order valence-electron chi connectivity index (χ2n) is 6.91. The average Bonchev–Trinajstić information content (AvgIpc) is 2.94. The van der Waals surface area contributed by atoms with Crippen LogP contribution < -0.4 is 10.2 Å². The fourth-order valence-electron chi connectivity index (χ4n) is 3.95. The maximum Gasteiger partial charge on any atom is 0.0380 e. The van der Waals surface area contributed by atoms with Crippen LogP contribution in [0.25, 0.3) is 0 Å². The van der Waals surface area contributed by atoms with Gasteiger partial charge < -0.3 is 10.2 Å². The van der Waals surface area contributed by atoms with E-state index >= 15 is 0 Å². The highest BCUT2D eigenvalue weighted by Gasteiger charge is 2.35. The summed E-state index contributed by atoms with van der Waals surface area (Å²) in [4.78, 5) is 2.67. The summed E-state index contributed by atoms with van der Waals surface area (Å²) in [6, 6.07) is 8.26. The number of nitrogens with one attached hydrogen (secondary N) is 1. The van der Waals surface area contributed by atoms with E-state index in [4.69, 9.17) is 0 Å². The zero-order valence-corrected chi connectivity index (χ0v) is 14.8. The lowest BCUT2D eigenvalue weighted by atomic mass is 9.91. The summed E-state index contributed by atoms with van der Waals surface area (Å²) in [6.07, 6.45) is 7.05. The Morgan fingerprint density at radius 1 is 1.24 bits per heavy atom. The van der Waals surface area contributed by atoms with E-state index in [1.165, 1.54) is 54.4 Å². The molecule has 116 valence electrons. The van der Waals surface area contributed by atoms with Gasteiger partial charge in [-0.1, -0.05) is 42.3 Å². The SMILES string of the molecule is CC(C)NCc1ccc(N2CCCC3CCCC32)cc1Br. The number of anilines is 1. The van der Waals surface area contributed by atoms with Gasteiger partial charge in [-0.05, 0) is 49.3 Å². The number of rotatable bonds is 4. The first-order chi connectivity index (χ1) is 10.1. The van der Waals surface area contributed by atoms with Gasteiger partial charge >= 0.3 is 0 Å². The molecule has 1 saturated carbocycles. The minimum Gasteiger partial charge on any atom is -0.368 e. The molecule has 1 aliphatic heterocycles. The van der Waals surface area contributed by atoms with Crippen molar-refractivity contribution in [1.29, 1.82) is 0 Å². The standard InChI is InChI=1S/C18H27BrN2/c1-13(2)20-12-15-8-9-16(11-17(15)19)21-10-4-6-14-5-3-7-18(14)21/h8-9,11,13-14,18,20H,3-7,10,12H2,1-2H3. The second kappa shape index (κ2) is 6.70. The van der Waals surface area contributed by atoms with E-state index in [0.717, 1.165) is 18.5 Å². The largest absolute Gasteiger partial charge is 0.368 e. The minimum atomic E-state index is 0.526. The van der Waals surface area contributed by atoms with Crippen molar-refractivity contribution >= 4 is 21.6 Å². The number of benzene rings is 1. The topological polar surface area (TPSA) is 15.3 Å². The first kappa shape index (κ1) is 15.4. The van der Waals surface area contributed by atoms with Crippen molar-refractivity contribution < 1.29 is 0 Å². The number of fused-ring (bicyclic) bond motifs is 1. The number of nitrogens with zero attached hydrogens (tertiary/aromatic N) is 1. The van der Waals surface area contributed by atoms with Crippen LogP contribution in [-0.4, -0.2) is 18.6 Å². The Balaban J connectivity index is 1.75. The minimum absolute atomic E-state index is 0.526. The molecule has 21 heavy (non-hydrogen) atoms. The Bertz CT molecular complexity index is 486. The van der Waals surface area contributed by atoms with E-state index in [2.05, 4.69) is 58.2 Å². The molecule has 1 aliphatic carbocycles. The molecule has 1 aromatic rings. The van der Waals surface area contributed by atoms with Crippen molar-refractivity contribution in [3.8, 4) is 0 Å². The fourth-order valence-corrected chi connectivity index (χ4v) is 4.45. The van der Waals surface area contributed by atoms with Crippen molar-refractivity contribution in [2.24, 2.45) is 5.92 Å². The summed E-state index contributed by atoms with van der Waals surface area (Å²) < 4.78 is 1.24.